The van der Waals surface area contributed by atoms with Crippen molar-refractivity contribution < 1.29 is 13.2 Å². The summed E-state index contributed by atoms with van der Waals surface area (Å²) in [5, 5.41) is 8.03. The molecule has 3 aromatic rings. The Morgan fingerprint density at radius 1 is 1.24 bits per heavy atom. The highest BCUT2D eigenvalue weighted by atomic mass is 35.5. The maximum absolute atomic E-state index is 12.4. The van der Waals surface area contributed by atoms with Crippen molar-refractivity contribution >= 4 is 28.6 Å². The minimum Gasteiger partial charge on any atom is -0.361 e. The van der Waals surface area contributed by atoms with E-state index in [2.05, 4.69) is 40.4 Å². The summed E-state index contributed by atoms with van der Waals surface area (Å²) in [5.41, 5.74) is 0.820. The molecule has 0 fully saturated rings. The van der Waals surface area contributed by atoms with Gasteiger partial charge in [-0.1, -0.05) is 0 Å². The summed E-state index contributed by atoms with van der Waals surface area (Å²) < 4.78 is 37.1. The largest absolute Gasteiger partial charge is 0.453 e. The molecule has 3 heterocycles. The van der Waals surface area contributed by atoms with Gasteiger partial charge >= 0.3 is 6.18 Å². The lowest BCUT2D eigenvalue weighted by atomic mass is 10.4. The van der Waals surface area contributed by atoms with E-state index in [1.807, 2.05) is 0 Å². The second-order valence-corrected chi connectivity index (χ2v) is 4.24. The van der Waals surface area contributed by atoms with Gasteiger partial charge in [-0.05, 0) is 11.6 Å². The molecule has 0 radical (unpaired) electrons. The molecule has 0 atom stereocenters. The van der Waals surface area contributed by atoms with Gasteiger partial charge in [-0.15, -0.1) is 5.10 Å². The van der Waals surface area contributed by atoms with E-state index in [1.165, 1.54) is 6.33 Å². The molecule has 0 spiro atoms. The number of aromatic amines is 2. The number of imidazole rings is 1. The minimum atomic E-state index is -4.59. The minimum absolute atomic E-state index is 0.00438. The third kappa shape index (κ3) is 2.72. The van der Waals surface area contributed by atoms with Crippen molar-refractivity contribution in [1.82, 2.24) is 35.1 Å². The van der Waals surface area contributed by atoms with E-state index in [-0.39, 0.29) is 17.7 Å². The van der Waals surface area contributed by atoms with Crippen molar-refractivity contribution in [2.75, 3.05) is 5.32 Å². The van der Waals surface area contributed by atoms with Crippen LogP contribution in [0.2, 0.25) is 5.28 Å². The van der Waals surface area contributed by atoms with Crippen LogP contribution in [-0.4, -0.2) is 35.1 Å². The molecule has 21 heavy (non-hydrogen) atoms. The molecule has 3 N–H and O–H groups in total. The summed E-state index contributed by atoms with van der Waals surface area (Å²) >= 11 is 5.73. The van der Waals surface area contributed by atoms with Gasteiger partial charge in [0.2, 0.25) is 5.28 Å². The zero-order valence-corrected chi connectivity index (χ0v) is 10.8. The molecule has 0 amide bonds. The number of hydrogen-bond donors (Lipinski definition) is 3. The second-order valence-electron chi connectivity index (χ2n) is 3.90. The van der Waals surface area contributed by atoms with Crippen LogP contribution in [0, 0.1) is 0 Å². The summed E-state index contributed by atoms with van der Waals surface area (Å²) in [6, 6.07) is 0. The number of aromatic nitrogens is 7. The zero-order valence-electron chi connectivity index (χ0n) is 10.0. The second kappa shape index (κ2) is 4.84. The first kappa shape index (κ1) is 13.5. The molecule has 0 aliphatic heterocycles. The molecule has 0 aliphatic rings. The summed E-state index contributed by atoms with van der Waals surface area (Å²) in [6.45, 7) is -0.0510. The van der Waals surface area contributed by atoms with Crippen LogP contribution < -0.4 is 5.32 Å². The number of hydrogen-bond acceptors (Lipinski definition) is 6. The highest BCUT2D eigenvalue weighted by molar-refractivity contribution is 6.28. The van der Waals surface area contributed by atoms with Gasteiger partial charge in [0.15, 0.2) is 11.5 Å². The SMILES string of the molecule is FC(F)(F)c1n[nH]c(CNc2nc(Cl)nc3nc[nH]c23)n1. The van der Waals surface area contributed by atoms with Crippen LogP contribution in [0.25, 0.3) is 11.2 Å². The van der Waals surface area contributed by atoms with Crippen LogP contribution in [0.5, 0.6) is 0 Å². The zero-order chi connectivity index (χ0) is 15.0. The predicted octanol–water partition coefficient (Wildman–Crippen LogP) is 1.76. The molecule has 0 saturated heterocycles. The third-order valence-corrected chi connectivity index (χ3v) is 2.64. The maximum atomic E-state index is 12.4. The molecular formula is C9H6ClF3N8. The third-order valence-electron chi connectivity index (χ3n) is 2.47. The van der Waals surface area contributed by atoms with Crippen molar-refractivity contribution in [3.8, 4) is 0 Å². The molecule has 12 heteroatoms. The number of rotatable bonds is 3. The van der Waals surface area contributed by atoms with Crippen molar-refractivity contribution in [2.45, 2.75) is 12.7 Å². The Morgan fingerprint density at radius 3 is 2.76 bits per heavy atom. The molecule has 3 rings (SSSR count). The maximum Gasteiger partial charge on any atom is 0.453 e. The summed E-state index contributed by atoms with van der Waals surface area (Å²) in [4.78, 5) is 17.9. The first-order valence-corrected chi connectivity index (χ1v) is 5.90. The van der Waals surface area contributed by atoms with Crippen LogP contribution in [0.1, 0.15) is 11.6 Å². The Morgan fingerprint density at radius 2 is 2.05 bits per heavy atom. The highest BCUT2D eigenvalue weighted by Crippen LogP contribution is 2.25. The Hall–Kier alpha value is -2.43. The molecular weight excluding hydrogens is 313 g/mol. The highest BCUT2D eigenvalue weighted by Gasteiger charge is 2.35. The topological polar surface area (TPSA) is 108 Å². The quantitative estimate of drug-likeness (QED) is 0.635. The average Bonchev–Trinajstić information content (AvgIpc) is 3.03. The molecule has 8 nitrogen and oxygen atoms in total. The van der Waals surface area contributed by atoms with Gasteiger partial charge in [0.25, 0.3) is 5.82 Å². The van der Waals surface area contributed by atoms with Crippen molar-refractivity contribution in [1.29, 1.82) is 0 Å². The first-order valence-electron chi connectivity index (χ1n) is 5.52. The van der Waals surface area contributed by atoms with Gasteiger partial charge in [-0.25, -0.2) is 9.97 Å². The van der Waals surface area contributed by atoms with Crippen LogP contribution in [-0.2, 0) is 12.7 Å². The fourth-order valence-corrected chi connectivity index (χ4v) is 1.77. The predicted molar refractivity (Wildman–Crippen MR) is 65.4 cm³/mol. The number of fused-ring (bicyclic) bond motifs is 1. The average molecular weight is 319 g/mol. The Kier molecular flexibility index (Phi) is 3.12. The van der Waals surface area contributed by atoms with E-state index in [4.69, 9.17) is 11.6 Å². The Balaban J connectivity index is 1.80. The molecule has 0 aliphatic carbocycles. The van der Waals surface area contributed by atoms with E-state index in [0.29, 0.717) is 17.0 Å². The smallest absolute Gasteiger partial charge is 0.361 e. The van der Waals surface area contributed by atoms with E-state index in [9.17, 15) is 13.2 Å². The molecule has 0 unspecified atom stereocenters. The summed E-state index contributed by atoms with van der Waals surface area (Å²) in [5.74, 6) is -0.927. The lowest BCUT2D eigenvalue weighted by Gasteiger charge is -2.04. The summed E-state index contributed by atoms with van der Waals surface area (Å²) in [6.07, 6.45) is -3.19. The van der Waals surface area contributed by atoms with Gasteiger partial charge in [0, 0.05) is 0 Å². The van der Waals surface area contributed by atoms with Crippen LogP contribution in [0.4, 0.5) is 19.0 Å². The number of anilines is 1. The monoisotopic (exact) mass is 318 g/mol. The molecule has 0 aromatic carbocycles. The number of nitrogens with one attached hydrogen (secondary N) is 3. The fraction of sp³-hybridized carbons (Fsp3) is 0.222. The van der Waals surface area contributed by atoms with Crippen molar-refractivity contribution in [3.63, 3.8) is 0 Å². The number of nitrogens with zero attached hydrogens (tertiary/aromatic N) is 5. The molecule has 0 bridgehead atoms. The lowest BCUT2D eigenvalue weighted by Crippen LogP contribution is -2.08. The first-order chi connectivity index (χ1) is 9.93. The van der Waals surface area contributed by atoms with Gasteiger partial charge in [0.05, 0.1) is 12.9 Å². The van der Waals surface area contributed by atoms with Gasteiger partial charge in [0.1, 0.15) is 11.3 Å². The van der Waals surface area contributed by atoms with Gasteiger partial charge in [-0.3, -0.25) is 5.10 Å². The summed E-state index contributed by atoms with van der Waals surface area (Å²) in [7, 11) is 0. The van der Waals surface area contributed by atoms with E-state index < -0.39 is 12.0 Å². The van der Waals surface area contributed by atoms with Gasteiger partial charge in [-0.2, -0.15) is 23.1 Å². The van der Waals surface area contributed by atoms with E-state index in [1.54, 1.807) is 0 Å². The lowest BCUT2D eigenvalue weighted by molar-refractivity contribution is -0.144. The normalized spacial score (nSPS) is 12.0. The molecule has 3 aromatic heterocycles. The van der Waals surface area contributed by atoms with E-state index >= 15 is 0 Å². The standard InChI is InChI=1S/C9H6ClF3N8/c10-8-18-5(4-6(19-8)16-2-15-4)14-1-3-17-7(21-20-3)9(11,12)13/h2H,1H2,(H,17,20,21)(H2,14,15,16,18,19). The number of alkyl halides is 3. The Bertz CT molecular complexity index is 779. The molecule has 0 saturated carbocycles. The number of halogens is 4. The van der Waals surface area contributed by atoms with Crippen LogP contribution >= 0.6 is 11.6 Å². The van der Waals surface area contributed by atoms with Gasteiger partial charge < -0.3 is 10.3 Å². The Labute approximate surface area is 119 Å². The number of H-pyrrole nitrogens is 2. The fourth-order valence-electron chi connectivity index (χ4n) is 1.60. The van der Waals surface area contributed by atoms with Crippen LogP contribution in [0.3, 0.4) is 0 Å². The van der Waals surface area contributed by atoms with Crippen molar-refractivity contribution in [2.24, 2.45) is 0 Å². The molecule has 110 valence electrons. The van der Waals surface area contributed by atoms with Crippen LogP contribution in [0.15, 0.2) is 6.33 Å². The van der Waals surface area contributed by atoms with Crippen molar-refractivity contribution in [3.05, 3.63) is 23.3 Å². The van der Waals surface area contributed by atoms with E-state index in [0.717, 1.165) is 0 Å².